The second kappa shape index (κ2) is 12.7. The molecular weight excluding hydrogens is 527 g/mol. The van der Waals surface area contributed by atoms with E-state index in [1.807, 2.05) is 0 Å². The van der Waals surface area contributed by atoms with Crippen LogP contribution < -0.4 is 0 Å². The summed E-state index contributed by atoms with van der Waals surface area (Å²) in [6, 6.07) is 32.3. The standard InChI is InChI=1S/C32H37IO/c1-2-27(23-22-26-14-12-13-15-26)31(24-25-33)34-32(28-16-6-3-7-17-28,29-18-8-4-9-19-29)30-20-10-5-11-21-30/h3-11,16-21,24-27,31H,2,12-15,22-23H2,1H3/b25-24+. The third-order valence-electron chi connectivity index (χ3n) is 7.53. The van der Waals surface area contributed by atoms with Crippen LogP contribution in [-0.4, -0.2) is 6.10 Å². The van der Waals surface area contributed by atoms with E-state index in [0.29, 0.717) is 5.92 Å². The Kier molecular flexibility index (Phi) is 9.41. The minimum atomic E-state index is -0.675. The Morgan fingerprint density at radius 1 is 0.824 bits per heavy atom. The van der Waals surface area contributed by atoms with Crippen molar-refractivity contribution < 1.29 is 4.74 Å². The molecule has 2 atom stereocenters. The van der Waals surface area contributed by atoms with Gasteiger partial charge in [0.05, 0.1) is 6.10 Å². The van der Waals surface area contributed by atoms with Gasteiger partial charge in [-0.2, -0.15) is 0 Å². The van der Waals surface area contributed by atoms with Crippen molar-refractivity contribution in [2.45, 2.75) is 63.6 Å². The Balaban J connectivity index is 1.78. The van der Waals surface area contributed by atoms with Gasteiger partial charge in [0.2, 0.25) is 0 Å². The fourth-order valence-electron chi connectivity index (χ4n) is 5.64. The molecule has 3 aromatic rings. The predicted molar refractivity (Wildman–Crippen MR) is 152 cm³/mol. The SMILES string of the molecule is CCC(CCC1CCCC1)C(/C=C/I)OC(c1ccccc1)(c1ccccc1)c1ccccc1. The molecule has 2 unspecified atom stereocenters. The summed E-state index contributed by atoms with van der Waals surface area (Å²) in [4.78, 5) is 0. The molecule has 2 heteroatoms. The van der Waals surface area contributed by atoms with Crippen LogP contribution in [-0.2, 0) is 10.3 Å². The van der Waals surface area contributed by atoms with Crippen molar-refractivity contribution in [3.8, 4) is 0 Å². The van der Waals surface area contributed by atoms with Crippen LogP contribution >= 0.6 is 22.6 Å². The molecule has 0 aliphatic heterocycles. The van der Waals surface area contributed by atoms with Crippen molar-refractivity contribution in [1.29, 1.82) is 0 Å². The number of hydrogen-bond donors (Lipinski definition) is 0. The highest BCUT2D eigenvalue weighted by atomic mass is 127. The van der Waals surface area contributed by atoms with E-state index >= 15 is 0 Å². The normalized spacial score (nSPS) is 16.6. The Labute approximate surface area is 219 Å². The molecule has 1 fully saturated rings. The first kappa shape index (κ1) is 25.2. The zero-order chi connectivity index (χ0) is 23.6. The van der Waals surface area contributed by atoms with E-state index in [9.17, 15) is 0 Å². The Morgan fingerprint density at radius 3 is 1.71 bits per heavy atom. The summed E-state index contributed by atoms with van der Waals surface area (Å²) in [5.74, 6) is 1.39. The van der Waals surface area contributed by atoms with E-state index in [2.05, 4.69) is 131 Å². The summed E-state index contributed by atoms with van der Waals surface area (Å²) in [7, 11) is 0. The molecule has 0 saturated heterocycles. The molecule has 4 rings (SSSR count). The second-order valence-corrected chi connectivity index (χ2v) is 10.3. The number of hydrogen-bond acceptors (Lipinski definition) is 1. The second-order valence-electron chi connectivity index (χ2n) is 9.58. The van der Waals surface area contributed by atoms with E-state index in [0.717, 1.165) is 12.3 Å². The fourth-order valence-corrected chi connectivity index (χ4v) is 6.05. The highest BCUT2D eigenvalue weighted by Gasteiger charge is 2.40. The van der Waals surface area contributed by atoms with E-state index in [-0.39, 0.29) is 6.10 Å². The molecule has 34 heavy (non-hydrogen) atoms. The van der Waals surface area contributed by atoms with Crippen molar-refractivity contribution in [3.63, 3.8) is 0 Å². The van der Waals surface area contributed by atoms with Crippen molar-refractivity contribution in [2.24, 2.45) is 11.8 Å². The van der Waals surface area contributed by atoms with Gasteiger partial charge in [-0.15, -0.1) is 0 Å². The van der Waals surface area contributed by atoms with E-state index in [1.54, 1.807) is 0 Å². The van der Waals surface area contributed by atoms with Gasteiger partial charge in [-0.3, -0.25) is 0 Å². The van der Waals surface area contributed by atoms with Crippen LogP contribution in [0.4, 0.5) is 0 Å². The Hall–Kier alpha value is -1.91. The summed E-state index contributed by atoms with van der Waals surface area (Å²) >= 11 is 2.35. The van der Waals surface area contributed by atoms with Crippen LogP contribution in [0.5, 0.6) is 0 Å². The third kappa shape index (κ3) is 5.83. The summed E-state index contributed by atoms with van der Waals surface area (Å²) < 4.78 is 9.56. The summed E-state index contributed by atoms with van der Waals surface area (Å²) in [5, 5.41) is 0. The van der Waals surface area contributed by atoms with Crippen molar-refractivity contribution >= 4 is 22.6 Å². The lowest BCUT2D eigenvalue weighted by molar-refractivity contribution is -0.0533. The molecule has 3 aromatic carbocycles. The first-order chi connectivity index (χ1) is 16.8. The molecule has 0 N–H and O–H groups in total. The van der Waals surface area contributed by atoms with Crippen LogP contribution in [0.2, 0.25) is 0 Å². The summed E-state index contributed by atoms with van der Waals surface area (Å²) in [6.45, 7) is 2.33. The minimum Gasteiger partial charge on any atom is -0.353 e. The molecule has 1 saturated carbocycles. The molecule has 1 nitrogen and oxygen atoms in total. The lowest BCUT2D eigenvalue weighted by Crippen LogP contribution is -2.39. The van der Waals surface area contributed by atoms with Gasteiger partial charge in [-0.25, -0.2) is 0 Å². The molecule has 0 heterocycles. The molecule has 1 aliphatic rings. The minimum absolute atomic E-state index is 0.0314. The molecular formula is C32H37IO. The molecule has 0 aromatic heterocycles. The Morgan fingerprint density at radius 2 is 1.29 bits per heavy atom. The largest absolute Gasteiger partial charge is 0.353 e. The smallest absolute Gasteiger partial charge is 0.144 e. The number of benzene rings is 3. The molecule has 0 spiro atoms. The first-order valence-corrected chi connectivity index (χ1v) is 14.1. The molecule has 1 aliphatic carbocycles. The monoisotopic (exact) mass is 564 g/mol. The number of ether oxygens (including phenoxy) is 1. The maximum absolute atomic E-state index is 7.41. The van der Waals surface area contributed by atoms with Gasteiger partial charge in [-0.05, 0) is 45.1 Å². The number of rotatable bonds is 11. The Bertz CT molecular complexity index is 896. The summed E-state index contributed by atoms with van der Waals surface area (Å²) in [5.41, 5.74) is 2.84. The van der Waals surface area contributed by atoms with E-state index < -0.39 is 5.60 Å². The van der Waals surface area contributed by atoms with E-state index in [1.165, 1.54) is 55.2 Å². The highest BCUT2D eigenvalue weighted by Crippen LogP contribution is 2.43. The van der Waals surface area contributed by atoms with Gasteiger partial charge in [-0.1, -0.05) is 159 Å². The van der Waals surface area contributed by atoms with Crippen LogP contribution in [0.15, 0.2) is 101 Å². The lowest BCUT2D eigenvalue weighted by atomic mass is 9.79. The van der Waals surface area contributed by atoms with Gasteiger partial charge in [0.15, 0.2) is 0 Å². The maximum Gasteiger partial charge on any atom is 0.144 e. The third-order valence-corrected chi connectivity index (χ3v) is 7.94. The first-order valence-electron chi connectivity index (χ1n) is 12.9. The zero-order valence-corrected chi connectivity index (χ0v) is 22.4. The molecule has 0 bridgehead atoms. The zero-order valence-electron chi connectivity index (χ0n) is 20.3. The lowest BCUT2D eigenvalue weighted by Gasteiger charge is -2.40. The highest BCUT2D eigenvalue weighted by molar-refractivity contribution is 14.1. The topological polar surface area (TPSA) is 9.23 Å². The maximum atomic E-state index is 7.41. The van der Waals surface area contributed by atoms with Gasteiger partial charge in [0.25, 0.3) is 0 Å². The summed E-state index contributed by atoms with van der Waals surface area (Å²) in [6.07, 6.45) is 11.6. The van der Waals surface area contributed by atoms with Crippen molar-refractivity contribution in [2.75, 3.05) is 0 Å². The van der Waals surface area contributed by atoms with Gasteiger partial charge in [0, 0.05) is 0 Å². The molecule has 178 valence electrons. The van der Waals surface area contributed by atoms with Gasteiger partial charge < -0.3 is 4.74 Å². The van der Waals surface area contributed by atoms with Gasteiger partial charge >= 0.3 is 0 Å². The fraction of sp³-hybridized carbons (Fsp3) is 0.375. The van der Waals surface area contributed by atoms with Crippen LogP contribution in [0.3, 0.4) is 0 Å². The quantitative estimate of drug-likeness (QED) is 0.167. The average Bonchev–Trinajstić information content (AvgIpc) is 3.43. The van der Waals surface area contributed by atoms with Crippen molar-refractivity contribution in [3.05, 3.63) is 118 Å². The average molecular weight is 565 g/mol. The van der Waals surface area contributed by atoms with Crippen LogP contribution in [0.1, 0.15) is 68.6 Å². The van der Waals surface area contributed by atoms with Gasteiger partial charge in [0.1, 0.15) is 5.60 Å². The number of halogens is 1. The molecule has 0 amide bonds. The predicted octanol–water partition coefficient (Wildman–Crippen LogP) is 9.31. The van der Waals surface area contributed by atoms with Crippen LogP contribution in [0, 0.1) is 11.8 Å². The molecule has 0 radical (unpaired) electrons. The van der Waals surface area contributed by atoms with E-state index in [4.69, 9.17) is 4.74 Å². The van der Waals surface area contributed by atoms with Crippen molar-refractivity contribution in [1.82, 2.24) is 0 Å². The van der Waals surface area contributed by atoms with Crippen LogP contribution in [0.25, 0.3) is 0 Å².